The van der Waals surface area contributed by atoms with Gasteiger partial charge in [-0.05, 0) is 43.4 Å². The van der Waals surface area contributed by atoms with Crippen LogP contribution in [0, 0.1) is 11.3 Å². The number of nitrogens with zero attached hydrogens (tertiary/aromatic N) is 4. The molecule has 0 bridgehead atoms. The third-order valence-electron chi connectivity index (χ3n) is 3.67. The van der Waals surface area contributed by atoms with E-state index in [1.54, 1.807) is 19.3 Å². The predicted octanol–water partition coefficient (Wildman–Crippen LogP) is 1.38. The summed E-state index contributed by atoms with van der Waals surface area (Å²) in [5.41, 5.74) is 2.98. The van der Waals surface area contributed by atoms with Crippen molar-refractivity contribution in [2.75, 3.05) is 7.05 Å². The Morgan fingerprint density at radius 1 is 1.43 bits per heavy atom. The van der Waals surface area contributed by atoms with Crippen molar-refractivity contribution in [1.82, 2.24) is 20.1 Å². The minimum absolute atomic E-state index is 0.259. The summed E-state index contributed by atoms with van der Waals surface area (Å²) in [5, 5.41) is 16.1. The normalized spacial score (nSPS) is 13.3. The largest absolute Gasteiger partial charge is 0.354 e. The summed E-state index contributed by atoms with van der Waals surface area (Å²) in [6, 6.07) is 5.69. The van der Waals surface area contributed by atoms with Crippen molar-refractivity contribution < 1.29 is 4.79 Å². The summed E-state index contributed by atoms with van der Waals surface area (Å²) in [6.45, 7) is 0. The fourth-order valence-electron chi connectivity index (χ4n) is 2.57. The van der Waals surface area contributed by atoms with E-state index >= 15 is 0 Å². The van der Waals surface area contributed by atoms with Gasteiger partial charge in [0.15, 0.2) is 11.5 Å². The van der Waals surface area contributed by atoms with Gasteiger partial charge >= 0.3 is 0 Å². The van der Waals surface area contributed by atoms with Gasteiger partial charge in [-0.3, -0.25) is 4.79 Å². The number of rotatable bonds is 2. The average molecular weight is 281 g/mol. The molecule has 6 heteroatoms. The number of pyridine rings is 1. The number of nitrogens with one attached hydrogen (secondary N) is 1. The van der Waals surface area contributed by atoms with Gasteiger partial charge < -0.3 is 5.32 Å². The molecule has 0 aromatic carbocycles. The molecule has 0 spiro atoms. The predicted molar refractivity (Wildman–Crippen MR) is 76.1 cm³/mol. The lowest BCUT2D eigenvalue weighted by Crippen LogP contribution is -2.19. The molecule has 0 unspecified atom stereocenters. The van der Waals surface area contributed by atoms with E-state index in [1.165, 1.54) is 4.68 Å². The van der Waals surface area contributed by atoms with Crippen molar-refractivity contribution in [1.29, 1.82) is 5.26 Å². The van der Waals surface area contributed by atoms with Crippen molar-refractivity contribution in [2.45, 2.75) is 25.7 Å². The lowest BCUT2D eigenvalue weighted by atomic mass is 9.95. The lowest BCUT2D eigenvalue weighted by Gasteiger charge is -2.16. The van der Waals surface area contributed by atoms with Crippen LogP contribution >= 0.6 is 0 Å². The van der Waals surface area contributed by atoms with Gasteiger partial charge in [0, 0.05) is 18.9 Å². The number of carbonyl (C=O) groups excluding carboxylic acids is 1. The van der Waals surface area contributed by atoms with Crippen LogP contribution in [0.3, 0.4) is 0 Å². The maximum Gasteiger partial charge on any atom is 0.271 e. The summed E-state index contributed by atoms with van der Waals surface area (Å²) >= 11 is 0. The smallest absolute Gasteiger partial charge is 0.271 e. The Hall–Kier alpha value is -2.68. The SMILES string of the molecule is CNC(=O)c1ccn(-c2nc3c(cc2C#N)CCCC3)n1. The Bertz CT molecular complexity index is 741. The highest BCUT2D eigenvalue weighted by Crippen LogP contribution is 2.23. The zero-order valence-corrected chi connectivity index (χ0v) is 11.8. The van der Waals surface area contributed by atoms with Crippen LogP contribution in [0.25, 0.3) is 5.82 Å². The van der Waals surface area contributed by atoms with Gasteiger partial charge in [0.05, 0.1) is 5.56 Å². The molecule has 1 amide bonds. The maximum atomic E-state index is 11.6. The standard InChI is InChI=1S/C15H15N5O/c1-17-15(21)13-6-7-20(19-13)14-11(9-16)8-10-4-2-3-5-12(10)18-14/h6-8H,2-5H2,1H3,(H,17,21). The van der Waals surface area contributed by atoms with Crippen molar-refractivity contribution in [3.63, 3.8) is 0 Å². The topological polar surface area (TPSA) is 83.6 Å². The van der Waals surface area contributed by atoms with Crippen LogP contribution in [0.1, 0.15) is 40.2 Å². The first-order valence-electron chi connectivity index (χ1n) is 6.94. The lowest BCUT2D eigenvalue weighted by molar-refractivity contribution is 0.0957. The molecule has 0 aliphatic heterocycles. The molecule has 2 aromatic heterocycles. The molecular weight excluding hydrogens is 266 g/mol. The highest BCUT2D eigenvalue weighted by Gasteiger charge is 2.17. The summed E-state index contributed by atoms with van der Waals surface area (Å²) in [5.74, 6) is 0.235. The van der Waals surface area contributed by atoms with Crippen molar-refractivity contribution in [2.24, 2.45) is 0 Å². The Morgan fingerprint density at radius 3 is 3.00 bits per heavy atom. The van der Waals surface area contributed by atoms with Crippen LogP contribution in [0.2, 0.25) is 0 Å². The van der Waals surface area contributed by atoms with Crippen LogP contribution in [0.5, 0.6) is 0 Å². The van der Waals surface area contributed by atoms with Crippen LogP contribution < -0.4 is 5.32 Å². The molecule has 0 saturated heterocycles. The van der Waals surface area contributed by atoms with Gasteiger partial charge in [0.25, 0.3) is 5.91 Å². The summed E-state index contributed by atoms with van der Waals surface area (Å²) < 4.78 is 1.50. The summed E-state index contributed by atoms with van der Waals surface area (Å²) in [4.78, 5) is 16.2. The molecule has 106 valence electrons. The number of aromatic nitrogens is 3. The van der Waals surface area contributed by atoms with E-state index in [2.05, 4.69) is 21.5 Å². The van der Waals surface area contributed by atoms with Gasteiger partial charge in [-0.25, -0.2) is 9.67 Å². The van der Waals surface area contributed by atoms with Gasteiger partial charge in [-0.2, -0.15) is 10.4 Å². The van der Waals surface area contributed by atoms with E-state index in [9.17, 15) is 10.1 Å². The second-order valence-corrected chi connectivity index (χ2v) is 5.01. The van der Waals surface area contributed by atoms with Crippen LogP contribution in [-0.2, 0) is 12.8 Å². The second-order valence-electron chi connectivity index (χ2n) is 5.01. The molecule has 2 aromatic rings. The van der Waals surface area contributed by atoms with Crippen molar-refractivity contribution >= 4 is 5.91 Å². The third-order valence-corrected chi connectivity index (χ3v) is 3.67. The first-order valence-corrected chi connectivity index (χ1v) is 6.94. The highest BCUT2D eigenvalue weighted by molar-refractivity contribution is 5.91. The first-order chi connectivity index (χ1) is 10.2. The van der Waals surface area contributed by atoms with E-state index in [-0.39, 0.29) is 5.91 Å². The number of fused-ring (bicyclic) bond motifs is 1. The quantitative estimate of drug-likeness (QED) is 0.901. The third kappa shape index (κ3) is 2.38. The van der Waals surface area contributed by atoms with E-state index in [0.29, 0.717) is 17.1 Å². The van der Waals surface area contributed by atoms with Crippen molar-refractivity contribution in [3.8, 4) is 11.9 Å². The molecule has 21 heavy (non-hydrogen) atoms. The zero-order valence-electron chi connectivity index (χ0n) is 11.8. The Morgan fingerprint density at radius 2 is 2.24 bits per heavy atom. The van der Waals surface area contributed by atoms with Crippen LogP contribution in [0.15, 0.2) is 18.3 Å². The maximum absolute atomic E-state index is 11.6. The molecule has 0 radical (unpaired) electrons. The molecule has 6 nitrogen and oxygen atoms in total. The van der Waals surface area contributed by atoms with E-state index in [0.717, 1.165) is 36.9 Å². The van der Waals surface area contributed by atoms with Crippen LogP contribution in [0.4, 0.5) is 0 Å². The molecular formula is C15H15N5O. The van der Waals surface area contributed by atoms with E-state index in [4.69, 9.17) is 0 Å². The fourth-order valence-corrected chi connectivity index (χ4v) is 2.57. The minimum Gasteiger partial charge on any atom is -0.354 e. The van der Waals surface area contributed by atoms with Gasteiger partial charge in [-0.15, -0.1) is 0 Å². The first kappa shape index (κ1) is 13.3. The molecule has 1 N–H and O–H groups in total. The number of aryl methyl sites for hydroxylation is 2. The molecule has 3 rings (SSSR count). The minimum atomic E-state index is -0.259. The zero-order chi connectivity index (χ0) is 14.8. The Labute approximate surface area is 122 Å². The number of hydrogen-bond donors (Lipinski definition) is 1. The van der Waals surface area contributed by atoms with E-state index < -0.39 is 0 Å². The monoisotopic (exact) mass is 281 g/mol. The summed E-state index contributed by atoms with van der Waals surface area (Å²) in [6.07, 6.45) is 5.82. The number of nitriles is 1. The van der Waals surface area contributed by atoms with Gasteiger partial charge in [0.2, 0.25) is 0 Å². The molecule has 2 heterocycles. The molecule has 0 fully saturated rings. The Kier molecular flexibility index (Phi) is 3.40. The molecule has 0 atom stereocenters. The molecule has 1 aliphatic carbocycles. The van der Waals surface area contributed by atoms with E-state index in [1.807, 2.05) is 6.07 Å². The van der Waals surface area contributed by atoms with Crippen molar-refractivity contribution in [3.05, 3.63) is 40.8 Å². The van der Waals surface area contributed by atoms with Crippen LogP contribution in [-0.4, -0.2) is 27.7 Å². The number of amides is 1. The number of carbonyl (C=O) groups is 1. The summed E-state index contributed by atoms with van der Waals surface area (Å²) in [7, 11) is 1.55. The second kappa shape index (κ2) is 5.37. The van der Waals surface area contributed by atoms with Gasteiger partial charge in [0.1, 0.15) is 6.07 Å². The highest BCUT2D eigenvalue weighted by atomic mass is 16.1. The number of hydrogen-bond acceptors (Lipinski definition) is 4. The van der Waals surface area contributed by atoms with Gasteiger partial charge in [-0.1, -0.05) is 0 Å². The average Bonchev–Trinajstić information content (AvgIpc) is 3.02. The molecule has 1 aliphatic rings. The fraction of sp³-hybridized carbons (Fsp3) is 0.333. The molecule has 0 saturated carbocycles. The Balaban J connectivity index is 2.07.